The molecule has 8 heteroatoms. The number of amides is 1. The van der Waals surface area contributed by atoms with Crippen molar-refractivity contribution in [2.45, 2.75) is 51.0 Å². The van der Waals surface area contributed by atoms with Crippen molar-refractivity contribution in [3.63, 3.8) is 0 Å². The van der Waals surface area contributed by atoms with E-state index >= 15 is 0 Å². The van der Waals surface area contributed by atoms with Crippen molar-refractivity contribution in [2.24, 2.45) is 0 Å². The number of ether oxygens (including phenoxy) is 1. The molecule has 36 heavy (non-hydrogen) atoms. The number of nitrogens with zero attached hydrogens (tertiary/aromatic N) is 1. The third-order valence-electron chi connectivity index (χ3n) is 6.22. The quantitative estimate of drug-likeness (QED) is 0.366. The molecule has 0 aliphatic heterocycles. The van der Waals surface area contributed by atoms with E-state index in [4.69, 9.17) is 21.3 Å². The first-order chi connectivity index (χ1) is 17.4. The number of carboxylic acids is 1. The molecular weight excluding hydrogens is 483 g/mol. The van der Waals surface area contributed by atoms with Crippen LogP contribution in [0.3, 0.4) is 0 Å². The Labute approximate surface area is 214 Å². The second kappa shape index (κ2) is 12.0. The molecule has 1 amide bonds. The minimum atomic E-state index is -1.20. The second-order valence-electron chi connectivity index (χ2n) is 8.90. The van der Waals surface area contributed by atoms with E-state index in [1.54, 1.807) is 24.3 Å². The van der Waals surface area contributed by atoms with Crippen LogP contribution < -0.4 is 10.1 Å². The summed E-state index contributed by atoms with van der Waals surface area (Å²) >= 11 is 5.95. The largest absolute Gasteiger partial charge is 0.494 e. The van der Waals surface area contributed by atoms with Gasteiger partial charge in [-0.3, -0.25) is 9.78 Å². The minimum Gasteiger partial charge on any atom is -0.494 e. The van der Waals surface area contributed by atoms with E-state index in [-0.39, 0.29) is 17.0 Å². The molecule has 0 unspecified atom stereocenters. The summed E-state index contributed by atoms with van der Waals surface area (Å²) in [5.41, 5.74) is 4.31. The molecule has 0 bridgehead atoms. The molecular formula is C28H28ClFN2O4. The average Bonchev–Trinajstić information content (AvgIpc) is 2.88. The normalized spacial score (nSPS) is 13.5. The lowest BCUT2D eigenvalue weighted by Crippen LogP contribution is -2.42. The van der Waals surface area contributed by atoms with Gasteiger partial charge in [-0.15, -0.1) is 0 Å². The first kappa shape index (κ1) is 25.6. The first-order valence-corrected chi connectivity index (χ1v) is 12.4. The average molecular weight is 511 g/mol. The number of carbonyl (C=O) groups is 2. The van der Waals surface area contributed by atoms with Crippen molar-refractivity contribution in [1.29, 1.82) is 0 Å². The number of benzene rings is 2. The van der Waals surface area contributed by atoms with Crippen LogP contribution in [0.4, 0.5) is 4.39 Å². The maximum absolute atomic E-state index is 13.5. The molecule has 6 nitrogen and oxygen atoms in total. The lowest BCUT2D eigenvalue weighted by Gasteiger charge is -2.16. The number of halogens is 2. The van der Waals surface area contributed by atoms with E-state index in [9.17, 15) is 19.1 Å². The number of aliphatic carboxylic acids is 1. The lowest BCUT2D eigenvalue weighted by molar-refractivity contribution is -0.139. The highest BCUT2D eigenvalue weighted by Crippen LogP contribution is 2.21. The molecule has 1 aliphatic carbocycles. The highest BCUT2D eigenvalue weighted by atomic mass is 35.5. The second-order valence-corrected chi connectivity index (χ2v) is 9.31. The van der Waals surface area contributed by atoms with E-state index in [1.807, 2.05) is 0 Å². The molecule has 0 saturated carbocycles. The molecule has 1 atom stereocenters. The van der Waals surface area contributed by atoms with Crippen LogP contribution in [0, 0.1) is 5.82 Å². The summed E-state index contributed by atoms with van der Waals surface area (Å²) in [6.45, 7) is 0.542. The van der Waals surface area contributed by atoms with Gasteiger partial charge >= 0.3 is 5.97 Å². The van der Waals surface area contributed by atoms with E-state index < -0.39 is 23.7 Å². The van der Waals surface area contributed by atoms with E-state index in [0.29, 0.717) is 17.9 Å². The molecule has 1 heterocycles. The number of aryl methyl sites for hydroxylation is 3. The highest BCUT2D eigenvalue weighted by molar-refractivity contribution is 6.33. The van der Waals surface area contributed by atoms with Gasteiger partial charge in [0.1, 0.15) is 17.6 Å². The summed E-state index contributed by atoms with van der Waals surface area (Å²) in [7, 11) is 0. The van der Waals surface area contributed by atoms with Gasteiger partial charge in [0.2, 0.25) is 0 Å². The zero-order chi connectivity index (χ0) is 25.5. The van der Waals surface area contributed by atoms with Crippen LogP contribution in [0.15, 0.2) is 54.6 Å². The van der Waals surface area contributed by atoms with E-state index in [0.717, 1.165) is 43.5 Å². The van der Waals surface area contributed by atoms with Gasteiger partial charge < -0.3 is 15.2 Å². The monoisotopic (exact) mass is 510 g/mol. The van der Waals surface area contributed by atoms with Gasteiger partial charge in [0.05, 0.1) is 17.2 Å². The summed E-state index contributed by atoms with van der Waals surface area (Å²) in [6.07, 6.45) is 6.39. The van der Waals surface area contributed by atoms with Crippen molar-refractivity contribution in [2.75, 3.05) is 6.61 Å². The smallest absolute Gasteiger partial charge is 0.326 e. The SMILES string of the molecule is O=C(N[C@@H](Cc1ccc(OCCCc2ccc3c(n2)CCCC3)cc1)C(=O)O)c1cc(F)ccc1Cl. The molecule has 1 aliphatic rings. The van der Waals surface area contributed by atoms with Gasteiger partial charge in [-0.25, -0.2) is 9.18 Å². The predicted octanol–water partition coefficient (Wildman–Crippen LogP) is 5.19. The third kappa shape index (κ3) is 6.82. The van der Waals surface area contributed by atoms with Crippen LogP contribution in [0.25, 0.3) is 0 Å². The van der Waals surface area contributed by atoms with Crippen LogP contribution in [0.1, 0.15) is 52.1 Å². The number of nitrogens with one attached hydrogen (secondary N) is 1. The molecule has 0 saturated heterocycles. The number of rotatable bonds is 10. The Balaban J connectivity index is 1.26. The van der Waals surface area contributed by atoms with Crippen molar-refractivity contribution in [3.8, 4) is 5.75 Å². The molecule has 188 valence electrons. The Bertz CT molecular complexity index is 1230. The maximum Gasteiger partial charge on any atom is 0.326 e. The van der Waals surface area contributed by atoms with Gasteiger partial charge in [0.15, 0.2) is 0 Å². The lowest BCUT2D eigenvalue weighted by atomic mass is 9.95. The van der Waals surface area contributed by atoms with E-state index in [2.05, 4.69) is 17.4 Å². The number of pyridine rings is 1. The highest BCUT2D eigenvalue weighted by Gasteiger charge is 2.22. The van der Waals surface area contributed by atoms with Crippen LogP contribution in [-0.4, -0.2) is 34.6 Å². The first-order valence-electron chi connectivity index (χ1n) is 12.1. The summed E-state index contributed by atoms with van der Waals surface area (Å²) in [6, 6.07) is 13.5. The zero-order valence-electron chi connectivity index (χ0n) is 19.8. The summed E-state index contributed by atoms with van der Waals surface area (Å²) < 4.78 is 19.3. The molecule has 0 radical (unpaired) electrons. The van der Waals surface area contributed by atoms with Gasteiger partial charge in [-0.2, -0.15) is 0 Å². The zero-order valence-corrected chi connectivity index (χ0v) is 20.6. The van der Waals surface area contributed by atoms with Gasteiger partial charge in [-0.1, -0.05) is 29.8 Å². The van der Waals surface area contributed by atoms with Gasteiger partial charge in [0.25, 0.3) is 5.91 Å². The Hall–Kier alpha value is -3.45. The Kier molecular flexibility index (Phi) is 8.54. The van der Waals surface area contributed by atoms with E-state index in [1.165, 1.54) is 30.2 Å². The summed E-state index contributed by atoms with van der Waals surface area (Å²) in [5, 5.41) is 12.0. The van der Waals surface area contributed by atoms with Crippen molar-refractivity contribution >= 4 is 23.5 Å². The molecule has 0 fully saturated rings. The van der Waals surface area contributed by atoms with Crippen LogP contribution in [-0.2, 0) is 30.5 Å². The summed E-state index contributed by atoms with van der Waals surface area (Å²) in [4.78, 5) is 29.0. The predicted molar refractivity (Wildman–Crippen MR) is 135 cm³/mol. The molecule has 2 N–H and O–H groups in total. The maximum atomic E-state index is 13.5. The number of carbonyl (C=O) groups excluding carboxylic acids is 1. The van der Waals surface area contributed by atoms with Crippen LogP contribution in [0.2, 0.25) is 5.02 Å². The number of aromatic nitrogens is 1. The topological polar surface area (TPSA) is 88.5 Å². The van der Waals surface area contributed by atoms with Crippen molar-refractivity contribution in [3.05, 3.63) is 93.5 Å². The Morgan fingerprint density at radius 3 is 2.64 bits per heavy atom. The fourth-order valence-corrected chi connectivity index (χ4v) is 4.48. The number of hydrogen-bond acceptors (Lipinski definition) is 4. The Morgan fingerprint density at radius 2 is 1.86 bits per heavy atom. The molecule has 0 spiro atoms. The number of fused-ring (bicyclic) bond motifs is 1. The van der Waals surface area contributed by atoms with Crippen molar-refractivity contribution in [1.82, 2.24) is 10.3 Å². The fourth-order valence-electron chi connectivity index (χ4n) is 4.27. The van der Waals surface area contributed by atoms with Crippen LogP contribution >= 0.6 is 11.6 Å². The number of carboxylic acid groups (broad SMARTS) is 1. The number of hydrogen-bond donors (Lipinski definition) is 2. The molecule has 2 aromatic carbocycles. The third-order valence-corrected chi connectivity index (χ3v) is 6.55. The van der Waals surface area contributed by atoms with Crippen LogP contribution in [0.5, 0.6) is 5.75 Å². The van der Waals surface area contributed by atoms with Gasteiger partial charge in [-0.05, 0) is 86.1 Å². The molecule has 3 aromatic rings. The van der Waals surface area contributed by atoms with Crippen molar-refractivity contribution < 1.29 is 23.8 Å². The Morgan fingerprint density at radius 1 is 1.08 bits per heavy atom. The standard InChI is InChI=1S/C28H28ClFN2O4/c29-24-14-10-20(30)17-23(24)27(33)32-26(28(34)35)16-18-7-12-22(13-8-18)36-15-3-5-21-11-9-19-4-1-2-6-25(19)31-21/h7-14,17,26H,1-6,15-16H2,(H,32,33)(H,34,35)/t26-/m0/s1. The molecule has 1 aromatic heterocycles. The minimum absolute atomic E-state index is 0.0435. The fraction of sp³-hybridized carbons (Fsp3) is 0.321. The summed E-state index contributed by atoms with van der Waals surface area (Å²) in [5.74, 6) is -1.90. The van der Waals surface area contributed by atoms with Gasteiger partial charge in [0, 0.05) is 17.8 Å². The molecule has 4 rings (SSSR count).